The Kier molecular flexibility index (Phi) is 6.50. The third-order valence-corrected chi connectivity index (χ3v) is 8.73. The maximum Gasteiger partial charge on any atom is 0.0456 e. The molecule has 6 rings (SSSR count). The fourth-order valence-electron chi connectivity index (χ4n) is 7.59. The van der Waals surface area contributed by atoms with E-state index < -0.39 is 0 Å². The number of aryl methyl sites for hydroxylation is 3. The van der Waals surface area contributed by atoms with Crippen LogP contribution >= 0.6 is 0 Å². The van der Waals surface area contributed by atoms with Gasteiger partial charge >= 0.3 is 0 Å². The second kappa shape index (κ2) is 9.41. The van der Waals surface area contributed by atoms with Gasteiger partial charge < -0.3 is 16.0 Å². The van der Waals surface area contributed by atoms with Crippen molar-refractivity contribution in [3.63, 3.8) is 0 Å². The van der Waals surface area contributed by atoms with E-state index in [1.54, 1.807) is 0 Å². The van der Waals surface area contributed by atoms with Gasteiger partial charge in [-0.3, -0.25) is 0 Å². The Morgan fingerprint density at radius 3 is 2.00 bits per heavy atom. The molecule has 3 nitrogen and oxygen atoms in total. The van der Waals surface area contributed by atoms with Crippen LogP contribution in [0, 0.1) is 38.5 Å². The van der Waals surface area contributed by atoms with Gasteiger partial charge in [0.25, 0.3) is 0 Å². The molecule has 1 atom stereocenters. The van der Waals surface area contributed by atoms with E-state index in [1.165, 1.54) is 77.9 Å². The molecule has 4 saturated carbocycles. The molecule has 0 heterocycles. The summed E-state index contributed by atoms with van der Waals surface area (Å²) in [5, 5.41) is 11.6. The summed E-state index contributed by atoms with van der Waals surface area (Å²) in [5.41, 5.74) is 9.39. The SMILES string of the molecule is CC(=CC(C)Nc1c(C)cccc1C)Nc1c(C)cccc1CNC12CC3CC(CC(C3)C1)C2. The minimum Gasteiger partial charge on any atom is -0.379 e. The summed E-state index contributed by atoms with van der Waals surface area (Å²) >= 11 is 0. The van der Waals surface area contributed by atoms with E-state index in [4.69, 9.17) is 0 Å². The maximum absolute atomic E-state index is 4.10. The number of rotatable bonds is 8. The van der Waals surface area contributed by atoms with E-state index in [9.17, 15) is 0 Å². The normalized spacial score (nSPS) is 28.7. The Balaban J connectivity index is 1.27. The molecule has 3 N–H and O–H groups in total. The fourth-order valence-corrected chi connectivity index (χ4v) is 7.59. The Morgan fingerprint density at radius 2 is 1.41 bits per heavy atom. The summed E-state index contributed by atoms with van der Waals surface area (Å²) in [6.07, 6.45) is 11.0. The zero-order valence-corrected chi connectivity index (χ0v) is 21.8. The number of hydrogen-bond donors (Lipinski definition) is 3. The summed E-state index contributed by atoms with van der Waals surface area (Å²) in [7, 11) is 0. The standard InChI is InChI=1S/C31H43N3/c1-20-8-6-9-21(2)29(20)33-23(4)12-24(5)34-30-22(3)10-7-11-28(30)19-32-31-16-25-13-26(17-31)15-27(14-25)18-31/h6-12,23,25-27,32-34H,13-19H2,1-5H3. The van der Waals surface area contributed by atoms with E-state index in [2.05, 4.69) is 93.0 Å². The van der Waals surface area contributed by atoms with E-state index in [-0.39, 0.29) is 6.04 Å². The maximum atomic E-state index is 4.10. The van der Waals surface area contributed by atoms with Crippen LogP contribution in [0.5, 0.6) is 0 Å². The third-order valence-electron chi connectivity index (χ3n) is 8.73. The van der Waals surface area contributed by atoms with Crippen LogP contribution in [0.1, 0.15) is 74.6 Å². The zero-order valence-electron chi connectivity index (χ0n) is 21.8. The lowest BCUT2D eigenvalue weighted by atomic mass is 9.53. The molecule has 0 saturated heterocycles. The summed E-state index contributed by atoms with van der Waals surface area (Å²) in [6.45, 7) is 11.9. The van der Waals surface area contributed by atoms with Crippen molar-refractivity contribution in [3.8, 4) is 0 Å². The molecule has 3 heteroatoms. The monoisotopic (exact) mass is 457 g/mol. The van der Waals surface area contributed by atoms with Crippen LogP contribution in [0.25, 0.3) is 0 Å². The van der Waals surface area contributed by atoms with Crippen LogP contribution < -0.4 is 16.0 Å². The second-order valence-electron chi connectivity index (χ2n) is 11.8. The number of benzene rings is 2. The molecule has 1 unspecified atom stereocenters. The first-order chi connectivity index (χ1) is 16.3. The topological polar surface area (TPSA) is 36.1 Å². The third kappa shape index (κ3) is 4.91. The Labute approximate surface area is 206 Å². The van der Waals surface area contributed by atoms with Crippen molar-refractivity contribution in [2.75, 3.05) is 10.6 Å². The van der Waals surface area contributed by atoms with Gasteiger partial charge in [0.15, 0.2) is 0 Å². The number of nitrogens with one attached hydrogen (secondary N) is 3. The molecular weight excluding hydrogens is 414 g/mol. The molecule has 0 radical (unpaired) electrons. The van der Waals surface area contributed by atoms with Gasteiger partial charge in [-0.2, -0.15) is 0 Å². The highest BCUT2D eigenvalue weighted by molar-refractivity contribution is 5.61. The minimum absolute atomic E-state index is 0.241. The van der Waals surface area contributed by atoms with Crippen LogP contribution in [-0.4, -0.2) is 11.6 Å². The highest BCUT2D eigenvalue weighted by Gasteiger charge is 2.50. The summed E-state index contributed by atoms with van der Waals surface area (Å²) < 4.78 is 0. The highest BCUT2D eigenvalue weighted by Crippen LogP contribution is 2.55. The van der Waals surface area contributed by atoms with Crippen molar-refractivity contribution in [3.05, 3.63) is 70.4 Å². The van der Waals surface area contributed by atoms with E-state index in [0.717, 1.165) is 24.3 Å². The van der Waals surface area contributed by atoms with Crippen molar-refractivity contribution in [1.82, 2.24) is 5.32 Å². The molecule has 0 spiro atoms. The van der Waals surface area contributed by atoms with Crippen molar-refractivity contribution in [2.45, 2.75) is 91.3 Å². The first-order valence-electron chi connectivity index (χ1n) is 13.4. The van der Waals surface area contributed by atoms with E-state index >= 15 is 0 Å². The average Bonchev–Trinajstić information content (AvgIpc) is 2.76. The number of allylic oxidation sites excluding steroid dienone is 1. The molecule has 4 fully saturated rings. The fraction of sp³-hybridized carbons (Fsp3) is 0.548. The van der Waals surface area contributed by atoms with Gasteiger partial charge in [0, 0.05) is 35.2 Å². The van der Waals surface area contributed by atoms with Gasteiger partial charge in [0.2, 0.25) is 0 Å². The molecule has 4 bridgehead atoms. The average molecular weight is 458 g/mol. The first-order valence-corrected chi connectivity index (χ1v) is 13.4. The highest BCUT2D eigenvalue weighted by atomic mass is 15.0. The molecule has 34 heavy (non-hydrogen) atoms. The van der Waals surface area contributed by atoms with Gasteiger partial charge in [-0.15, -0.1) is 0 Å². The molecule has 0 aromatic heterocycles. The number of hydrogen-bond acceptors (Lipinski definition) is 3. The summed E-state index contributed by atoms with van der Waals surface area (Å²) in [6, 6.07) is 13.4. The predicted molar refractivity (Wildman–Crippen MR) is 145 cm³/mol. The molecule has 4 aliphatic carbocycles. The van der Waals surface area contributed by atoms with Crippen molar-refractivity contribution in [1.29, 1.82) is 0 Å². The molecule has 182 valence electrons. The van der Waals surface area contributed by atoms with Gasteiger partial charge in [-0.25, -0.2) is 0 Å². The largest absolute Gasteiger partial charge is 0.379 e. The molecule has 2 aromatic rings. The van der Waals surface area contributed by atoms with Crippen LogP contribution in [0.2, 0.25) is 0 Å². The molecule has 2 aromatic carbocycles. The van der Waals surface area contributed by atoms with Gasteiger partial charge in [-0.05, 0) is 119 Å². The molecular formula is C31H43N3. The predicted octanol–water partition coefficient (Wildman–Crippen LogP) is 7.49. The lowest BCUT2D eigenvalue weighted by Crippen LogP contribution is -2.58. The van der Waals surface area contributed by atoms with Crippen molar-refractivity contribution < 1.29 is 0 Å². The minimum atomic E-state index is 0.241. The molecule has 0 aliphatic heterocycles. The quantitative estimate of drug-likeness (QED) is 0.384. The lowest BCUT2D eigenvalue weighted by Gasteiger charge is -2.57. The van der Waals surface area contributed by atoms with Gasteiger partial charge in [-0.1, -0.05) is 36.4 Å². The number of para-hydroxylation sites is 2. The zero-order chi connectivity index (χ0) is 23.9. The summed E-state index contributed by atoms with van der Waals surface area (Å²) in [5.74, 6) is 2.93. The molecule has 0 amide bonds. The van der Waals surface area contributed by atoms with Crippen LogP contribution in [0.15, 0.2) is 48.2 Å². The number of anilines is 2. The van der Waals surface area contributed by atoms with Crippen molar-refractivity contribution in [2.24, 2.45) is 17.8 Å². The summed E-state index contributed by atoms with van der Waals surface area (Å²) in [4.78, 5) is 0. The van der Waals surface area contributed by atoms with E-state index in [1.807, 2.05) is 0 Å². The van der Waals surface area contributed by atoms with Gasteiger partial charge in [0.1, 0.15) is 0 Å². The van der Waals surface area contributed by atoms with Crippen LogP contribution in [0.4, 0.5) is 11.4 Å². The second-order valence-corrected chi connectivity index (χ2v) is 11.8. The van der Waals surface area contributed by atoms with Crippen LogP contribution in [-0.2, 0) is 6.54 Å². The first kappa shape index (κ1) is 23.5. The smallest absolute Gasteiger partial charge is 0.0456 e. The van der Waals surface area contributed by atoms with Gasteiger partial charge in [0.05, 0.1) is 0 Å². The lowest BCUT2D eigenvalue weighted by molar-refractivity contribution is -0.0205. The Bertz CT molecular complexity index is 1010. The van der Waals surface area contributed by atoms with E-state index in [0.29, 0.717) is 5.54 Å². The van der Waals surface area contributed by atoms with Crippen molar-refractivity contribution >= 4 is 11.4 Å². The Hall–Kier alpha value is -2.26. The Morgan fingerprint density at radius 1 is 0.882 bits per heavy atom. The molecule has 4 aliphatic rings. The van der Waals surface area contributed by atoms with Crippen LogP contribution in [0.3, 0.4) is 0 Å².